The molecule has 1 saturated carbocycles. The molecule has 2 bridgehead atoms. The average molecular weight is 296 g/mol. The molecule has 4 atom stereocenters. The molecule has 1 aliphatic heterocycles. The first kappa shape index (κ1) is 13.2. The van der Waals surface area contributed by atoms with Gasteiger partial charge in [0.1, 0.15) is 0 Å². The lowest BCUT2D eigenvalue weighted by Gasteiger charge is -2.38. The molecular weight excluding hydrogens is 282 g/mol. The first-order valence-corrected chi connectivity index (χ1v) is 7.45. The molecule has 4 aliphatic rings. The molecular formula is C17H14NO4-. The number of fused-ring (bicyclic) bond motifs is 1. The van der Waals surface area contributed by atoms with E-state index in [2.05, 4.69) is 12.2 Å². The summed E-state index contributed by atoms with van der Waals surface area (Å²) in [5.41, 5.74) is 0.291. The van der Waals surface area contributed by atoms with Gasteiger partial charge >= 0.3 is 0 Å². The van der Waals surface area contributed by atoms with Crippen molar-refractivity contribution in [3.05, 3.63) is 42.0 Å². The number of carboxylic acid groups (broad SMARTS) is 1. The van der Waals surface area contributed by atoms with Gasteiger partial charge in [-0.05, 0) is 42.4 Å². The van der Waals surface area contributed by atoms with Crippen LogP contribution < -0.4 is 10.0 Å². The molecule has 2 amide bonds. The lowest BCUT2D eigenvalue weighted by Crippen LogP contribution is -2.38. The van der Waals surface area contributed by atoms with E-state index in [1.807, 2.05) is 0 Å². The van der Waals surface area contributed by atoms with Gasteiger partial charge in [0.2, 0.25) is 11.8 Å². The van der Waals surface area contributed by atoms with Crippen LogP contribution in [0.25, 0.3) is 0 Å². The number of hydrogen-bond acceptors (Lipinski definition) is 4. The molecule has 22 heavy (non-hydrogen) atoms. The van der Waals surface area contributed by atoms with E-state index in [9.17, 15) is 19.5 Å². The van der Waals surface area contributed by atoms with Crippen molar-refractivity contribution in [2.75, 3.05) is 4.90 Å². The summed E-state index contributed by atoms with van der Waals surface area (Å²) in [5, 5.41) is 11.0. The molecule has 0 aromatic heterocycles. The van der Waals surface area contributed by atoms with Gasteiger partial charge < -0.3 is 9.90 Å². The van der Waals surface area contributed by atoms with Crippen LogP contribution in [0.2, 0.25) is 0 Å². The fourth-order valence-electron chi connectivity index (χ4n) is 4.10. The smallest absolute Gasteiger partial charge is 0.238 e. The SMILES string of the molecule is O=C([O-])c1cccc(N2C(=O)[C@@H]3[C@H](C2=O)[C@H]2C=C[C@H]3CC2)c1. The summed E-state index contributed by atoms with van der Waals surface area (Å²) in [7, 11) is 0. The molecule has 0 radical (unpaired) electrons. The quantitative estimate of drug-likeness (QED) is 0.596. The predicted molar refractivity (Wildman–Crippen MR) is 75.6 cm³/mol. The minimum Gasteiger partial charge on any atom is -0.545 e. The Morgan fingerprint density at radius 3 is 2.14 bits per heavy atom. The second-order valence-corrected chi connectivity index (χ2v) is 6.19. The number of amides is 2. The lowest BCUT2D eigenvalue weighted by atomic mass is 9.63. The van der Waals surface area contributed by atoms with Crippen molar-refractivity contribution in [3.8, 4) is 0 Å². The van der Waals surface area contributed by atoms with Gasteiger partial charge in [-0.3, -0.25) is 9.59 Å². The van der Waals surface area contributed by atoms with Gasteiger partial charge in [0.15, 0.2) is 0 Å². The highest BCUT2D eigenvalue weighted by molar-refractivity contribution is 6.22. The summed E-state index contributed by atoms with van der Waals surface area (Å²) < 4.78 is 0. The number of nitrogens with zero attached hydrogens (tertiary/aromatic N) is 1. The van der Waals surface area contributed by atoms with Crippen molar-refractivity contribution < 1.29 is 19.5 Å². The Balaban J connectivity index is 1.75. The third kappa shape index (κ3) is 1.68. The molecule has 112 valence electrons. The van der Waals surface area contributed by atoms with E-state index in [1.54, 1.807) is 6.07 Å². The maximum absolute atomic E-state index is 12.7. The van der Waals surface area contributed by atoms with Gasteiger partial charge in [-0.1, -0.05) is 24.3 Å². The molecule has 0 N–H and O–H groups in total. The molecule has 0 unspecified atom stereocenters. The molecule has 3 aliphatic carbocycles. The molecule has 5 heteroatoms. The zero-order chi connectivity index (χ0) is 15.4. The number of imide groups is 1. The number of benzene rings is 1. The molecule has 1 aromatic rings. The van der Waals surface area contributed by atoms with Crippen LogP contribution in [-0.2, 0) is 9.59 Å². The van der Waals surface area contributed by atoms with Gasteiger partial charge in [0.05, 0.1) is 23.5 Å². The van der Waals surface area contributed by atoms with Gasteiger partial charge in [-0.2, -0.15) is 0 Å². The van der Waals surface area contributed by atoms with E-state index in [-0.39, 0.29) is 41.0 Å². The predicted octanol–water partition coefficient (Wildman–Crippen LogP) is 0.752. The number of carbonyl (C=O) groups is 3. The Morgan fingerprint density at radius 2 is 1.64 bits per heavy atom. The number of carbonyl (C=O) groups excluding carboxylic acids is 3. The normalized spacial score (nSPS) is 32.5. The van der Waals surface area contributed by atoms with Crippen molar-refractivity contribution in [1.82, 2.24) is 0 Å². The summed E-state index contributed by atoms with van der Waals surface area (Å²) in [6.07, 6.45) is 5.99. The summed E-state index contributed by atoms with van der Waals surface area (Å²) >= 11 is 0. The highest BCUT2D eigenvalue weighted by atomic mass is 16.4. The topological polar surface area (TPSA) is 77.5 Å². The monoisotopic (exact) mass is 296 g/mol. The minimum absolute atomic E-state index is 0.0333. The molecule has 5 rings (SSSR count). The largest absolute Gasteiger partial charge is 0.545 e. The highest BCUT2D eigenvalue weighted by Crippen LogP contribution is 2.50. The van der Waals surface area contributed by atoms with Crippen LogP contribution in [0.1, 0.15) is 23.2 Å². The fraction of sp³-hybridized carbons (Fsp3) is 0.353. The Hall–Kier alpha value is -2.43. The number of anilines is 1. The maximum atomic E-state index is 12.7. The fourth-order valence-corrected chi connectivity index (χ4v) is 4.10. The van der Waals surface area contributed by atoms with E-state index in [4.69, 9.17) is 0 Å². The first-order valence-electron chi connectivity index (χ1n) is 7.45. The Kier molecular flexibility index (Phi) is 2.73. The van der Waals surface area contributed by atoms with Crippen LogP contribution in [0.4, 0.5) is 5.69 Å². The van der Waals surface area contributed by atoms with E-state index in [0.717, 1.165) is 12.8 Å². The lowest BCUT2D eigenvalue weighted by molar-refractivity contribution is -0.255. The molecule has 1 saturated heterocycles. The third-order valence-electron chi connectivity index (χ3n) is 5.10. The van der Waals surface area contributed by atoms with Crippen molar-refractivity contribution in [2.45, 2.75) is 12.8 Å². The van der Waals surface area contributed by atoms with Crippen LogP contribution >= 0.6 is 0 Å². The zero-order valence-electron chi connectivity index (χ0n) is 11.8. The number of allylic oxidation sites excluding steroid dienone is 2. The second kappa shape index (κ2) is 4.53. The standard InChI is InChI=1S/C17H15NO4/c19-15-13-9-4-5-10(7-6-9)14(13)16(20)18(15)12-3-1-2-11(8-12)17(21)22/h1-5,8-10,13-14H,6-7H2,(H,21,22)/p-1/t9-,10-,13-,14+/m0/s1. The average Bonchev–Trinajstić information content (AvgIpc) is 2.82. The summed E-state index contributed by atoms with van der Waals surface area (Å²) in [5.74, 6) is -2.05. The summed E-state index contributed by atoms with van der Waals surface area (Å²) in [6, 6.07) is 5.84. The molecule has 0 spiro atoms. The van der Waals surface area contributed by atoms with Crippen molar-refractivity contribution in [3.63, 3.8) is 0 Å². The Morgan fingerprint density at radius 1 is 1.05 bits per heavy atom. The maximum Gasteiger partial charge on any atom is 0.238 e. The number of hydrogen-bond donors (Lipinski definition) is 0. The van der Waals surface area contributed by atoms with Crippen molar-refractivity contribution in [1.29, 1.82) is 0 Å². The van der Waals surface area contributed by atoms with Gasteiger partial charge in [0.25, 0.3) is 0 Å². The minimum atomic E-state index is -1.32. The van der Waals surface area contributed by atoms with Crippen LogP contribution in [0.5, 0.6) is 0 Å². The zero-order valence-corrected chi connectivity index (χ0v) is 11.8. The van der Waals surface area contributed by atoms with Crippen LogP contribution in [0, 0.1) is 23.7 Å². The van der Waals surface area contributed by atoms with Gasteiger partial charge in [0, 0.05) is 0 Å². The third-order valence-corrected chi connectivity index (χ3v) is 5.10. The molecule has 1 heterocycles. The molecule has 1 aromatic carbocycles. The second-order valence-electron chi connectivity index (χ2n) is 6.19. The highest BCUT2D eigenvalue weighted by Gasteiger charge is 2.56. The number of rotatable bonds is 2. The Bertz CT molecular complexity index is 691. The van der Waals surface area contributed by atoms with Crippen LogP contribution in [-0.4, -0.2) is 17.8 Å². The summed E-state index contributed by atoms with van der Waals surface area (Å²) in [4.78, 5) is 37.6. The molecule has 2 fully saturated rings. The van der Waals surface area contributed by atoms with Crippen LogP contribution in [0.15, 0.2) is 36.4 Å². The number of carboxylic acids is 1. The Labute approximate surface area is 127 Å². The van der Waals surface area contributed by atoms with Crippen molar-refractivity contribution in [2.24, 2.45) is 23.7 Å². The van der Waals surface area contributed by atoms with Gasteiger partial charge in [-0.15, -0.1) is 0 Å². The van der Waals surface area contributed by atoms with Gasteiger partial charge in [-0.25, -0.2) is 4.90 Å². The molecule has 5 nitrogen and oxygen atoms in total. The van der Waals surface area contributed by atoms with Crippen molar-refractivity contribution >= 4 is 23.5 Å². The van der Waals surface area contributed by atoms with E-state index < -0.39 is 5.97 Å². The van der Waals surface area contributed by atoms with E-state index >= 15 is 0 Å². The number of aromatic carboxylic acids is 1. The summed E-state index contributed by atoms with van der Waals surface area (Å²) in [6.45, 7) is 0. The van der Waals surface area contributed by atoms with Crippen LogP contribution in [0.3, 0.4) is 0 Å². The first-order chi connectivity index (χ1) is 10.6. The van der Waals surface area contributed by atoms with E-state index in [0.29, 0.717) is 5.69 Å². The van der Waals surface area contributed by atoms with E-state index in [1.165, 1.54) is 23.1 Å².